The highest BCUT2D eigenvalue weighted by atomic mass is 16.2. The lowest BCUT2D eigenvalue weighted by Gasteiger charge is -2.29. The quantitative estimate of drug-likeness (QED) is 0.0453. The van der Waals surface area contributed by atoms with Crippen LogP contribution in [0, 0.1) is 0 Å². The van der Waals surface area contributed by atoms with Gasteiger partial charge in [0.25, 0.3) is 0 Å². The van der Waals surface area contributed by atoms with Gasteiger partial charge in [-0.3, -0.25) is 38.4 Å². The summed E-state index contributed by atoms with van der Waals surface area (Å²) < 4.78 is 0. The van der Waals surface area contributed by atoms with E-state index in [0.29, 0.717) is 23.2 Å². The lowest BCUT2D eigenvalue weighted by Crippen LogP contribution is -2.60. The standard InChI is InChI=1S/C40H50N12O8/c1-22(35(55)49-30(36(56)46-20-34(43)54)15-24-18-45-28-11-6-5-10-26(24)28)48-37(57)31(16-25-19-44-21-47-25)50-38(58)29(14-23-8-3-2-4-9-23)51-39(59)32-12-7-13-52(32)40(60)27(41)17-33(42)53/h2-6,8-11,18-19,21-22,27,29-32,45H,7,12-17,20,41H2,1H3,(H2,42,53)(H2,43,54)(H,44,47)(H,46,56)(H,48,57)(H,49,55)(H,50,58)(H,51,59)/t22-,27-,29-,30-,31-,32-/m0/s1. The van der Waals surface area contributed by atoms with Crippen molar-refractivity contribution in [2.75, 3.05) is 13.1 Å². The number of carbonyl (C=O) groups excluding carboxylic acids is 8. The molecule has 4 aromatic rings. The summed E-state index contributed by atoms with van der Waals surface area (Å²) in [6, 6.07) is 9.02. The van der Waals surface area contributed by atoms with Crippen molar-refractivity contribution in [3.63, 3.8) is 0 Å². The fourth-order valence-electron chi connectivity index (χ4n) is 6.95. The van der Waals surface area contributed by atoms with E-state index in [1.165, 1.54) is 24.3 Å². The number of fused-ring (bicyclic) bond motifs is 1. The van der Waals surface area contributed by atoms with Crippen molar-refractivity contribution < 1.29 is 38.4 Å². The minimum atomic E-state index is -1.30. The number of hydrogen-bond donors (Lipinski definition) is 10. The third-order valence-electron chi connectivity index (χ3n) is 10.0. The van der Waals surface area contributed by atoms with Crippen molar-refractivity contribution in [2.45, 2.75) is 81.7 Å². The van der Waals surface area contributed by atoms with Crippen molar-refractivity contribution in [2.24, 2.45) is 17.2 Å². The van der Waals surface area contributed by atoms with Gasteiger partial charge in [0.05, 0.1) is 25.3 Å². The Morgan fingerprint density at radius 2 is 1.45 bits per heavy atom. The van der Waals surface area contributed by atoms with Crippen LogP contribution in [-0.2, 0) is 57.6 Å². The largest absolute Gasteiger partial charge is 0.370 e. The van der Waals surface area contributed by atoms with Crippen LogP contribution in [0.15, 0.2) is 73.3 Å². The Labute approximate surface area is 344 Å². The molecule has 2 aromatic carbocycles. The van der Waals surface area contributed by atoms with Gasteiger partial charge in [0.2, 0.25) is 47.3 Å². The Bertz CT molecular complexity index is 2180. The first-order valence-corrected chi connectivity index (χ1v) is 19.4. The lowest BCUT2D eigenvalue weighted by atomic mass is 10.0. The van der Waals surface area contributed by atoms with E-state index in [-0.39, 0.29) is 32.2 Å². The van der Waals surface area contributed by atoms with E-state index in [2.05, 4.69) is 41.5 Å². The van der Waals surface area contributed by atoms with Crippen molar-refractivity contribution in [3.05, 3.63) is 90.1 Å². The van der Waals surface area contributed by atoms with Gasteiger partial charge < -0.3 is 58.7 Å². The first kappa shape index (κ1) is 44.0. The lowest BCUT2D eigenvalue weighted by molar-refractivity contribution is -0.141. The Kier molecular flexibility index (Phi) is 15.1. The van der Waals surface area contributed by atoms with Gasteiger partial charge in [-0.15, -0.1) is 0 Å². The second kappa shape index (κ2) is 20.6. The number of rotatable bonds is 20. The summed E-state index contributed by atoms with van der Waals surface area (Å²) in [5.41, 5.74) is 19.0. The van der Waals surface area contributed by atoms with Gasteiger partial charge in [0.1, 0.15) is 30.2 Å². The molecule has 1 saturated heterocycles. The van der Waals surface area contributed by atoms with E-state index in [0.717, 1.165) is 10.9 Å². The van der Waals surface area contributed by atoms with Crippen LogP contribution in [0.5, 0.6) is 0 Å². The zero-order valence-electron chi connectivity index (χ0n) is 32.9. The fraction of sp³-hybridized carbons (Fsp3) is 0.375. The maximum atomic E-state index is 14.1. The summed E-state index contributed by atoms with van der Waals surface area (Å²) in [5, 5.41) is 14.0. The van der Waals surface area contributed by atoms with Gasteiger partial charge >= 0.3 is 0 Å². The van der Waals surface area contributed by atoms with Crippen molar-refractivity contribution in [1.82, 2.24) is 46.4 Å². The summed E-state index contributed by atoms with van der Waals surface area (Å²) in [6.07, 6.45) is 4.84. The molecule has 1 aliphatic heterocycles. The highest BCUT2D eigenvalue weighted by Gasteiger charge is 2.38. The predicted octanol–water partition coefficient (Wildman–Crippen LogP) is -2.33. The summed E-state index contributed by atoms with van der Waals surface area (Å²) >= 11 is 0. The average Bonchev–Trinajstić information content (AvgIpc) is 4.01. The van der Waals surface area contributed by atoms with Crippen molar-refractivity contribution >= 4 is 58.2 Å². The highest BCUT2D eigenvalue weighted by Crippen LogP contribution is 2.21. The maximum absolute atomic E-state index is 14.1. The molecule has 20 nitrogen and oxygen atoms in total. The summed E-state index contributed by atoms with van der Waals surface area (Å²) in [5.74, 6) is -5.74. The predicted molar refractivity (Wildman–Crippen MR) is 217 cm³/mol. The van der Waals surface area contributed by atoms with E-state index in [4.69, 9.17) is 17.2 Å². The van der Waals surface area contributed by atoms with Crippen LogP contribution in [0.25, 0.3) is 10.9 Å². The van der Waals surface area contributed by atoms with Gasteiger partial charge in [-0.1, -0.05) is 48.5 Å². The van der Waals surface area contributed by atoms with Gasteiger partial charge in [0.15, 0.2) is 0 Å². The van der Waals surface area contributed by atoms with Gasteiger partial charge in [-0.05, 0) is 37.0 Å². The number of nitrogens with zero attached hydrogens (tertiary/aromatic N) is 2. The van der Waals surface area contributed by atoms with Crippen LogP contribution in [0.3, 0.4) is 0 Å². The van der Waals surface area contributed by atoms with E-state index >= 15 is 0 Å². The Hall–Kier alpha value is -7.09. The summed E-state index contributed by atoms with van der Waals surface area (Å²) in [7, 11) is 0. The molecule has 60 heavy (non-hydrogen) atoms. The molecule has 0 saturated carbocycles. The Balaban J connectivity index is 1.31. The minimum absolute atomic E-state index is 0.00705. The van der Waals surface area contributed by atoms with E-state index in [1.807, 2.05) is 24.3 Å². The van der Waals surface area contributed by atoms with Gasteiger partial charge in [-0.25, -0.2) is 4.98 Å². The fourth-order valence-corrected chi connectivity index (χ4v) is 6.95. The first-order valence-electron chi connectivity index (χ1n) is 19.4. The second-order valence-electron chi connectivity index (χ2n) is 14.6. The number of primary amides is 2. The molecule has 2 aromatic heterocycles. The molecule has 20 heteroatoms. The molecule has 0 bridgehead atoms. The summed E-state index contributed by atoms with van der Waals surface area (Å²) in [6.45, 7) is 1.14. The monoisotopic (exact) mass is 826 g/mol. The topological polar surface area (TPSA) is 322 Å². The Morgan fingerprint density at radius 1 is 0.783 bits per heavy atom. The highest BCUT2D eigenvalue weighted by molar-refractivity contribution is 5.98. The third kappa shape index (κ3) is 12.0. The number of para-hydroxylation sites is 1. The third-order valence-corrected chi connectivity index (χ3v) is 10.0. The van der Waals surface area contributed by atoms with Crippen LogP contribution in [-0.4, -0.2) is 116 Å². The molecule has 0 spiro atoms. The summed E-state index contributed by atoms with van der Waals surface area (Å²) in [4.78, 5) is 116. The van der Waals surface area contributed by atoms with Crippen LogP contribution < -0.4 is 43.8 Å². The number of amides is 8. The number of aromatic nitrogens is 3. The molecule has 5 rings (SSSR count). The molecule has 6 atom stereocenters. The molecule has 0 unspecified atom stereocenters. The second-order valence-corrected chi connectivity index (χ2v) is 14.6. The maximum Gasteiger partial charge on any atom is 0.243 e. The van der Waals surface area contributed by atoms with Crippen LogP contribution >= 0.6 is 0 Å². The molecular formula is C40H50N12O8. The molecule has 1 aliphatic rings. The molecule has 318 valence electrons. The molecule has 1 fully saturated rings. The van der Waals surface area contributed by atoms with Gasteiger partial charge in [0, 0.05) is 54.8 Å². The van der Waals surface area contributed by atoms with Crippen molar-refractivity contribution in [3.8, 4) is 0 Å². The zero-order valence-corrected chi connectivity index (χ0v) is 32.9. The molecule has 3 heterocycles. The smallest absolute Gasteiger partial charge is 0.243 e. The first-order chi connectivity index (χ1) is 28.7. The zero-order chi connectivity index (χ0) is 43.3. The number of imidazole rings is 1. The molecule has 0 aliphatic carbocycles. The van der Waals surface area contributed by atoms with Gasteiger partial charge in [-0.2, -0.15) is 0 Å². The number of aromatic amines is 2. The molecular weight excluding hydrogens is 777 g/mol. The number of H-pyrrole nitrogens is 2. The number of carbonyl (C=O) groups is 8. The number of nitrogens with one attached hydrogen (secondary N) is 7. The normalized spacial score (nSPS) is 16.1. The van der Waals surface area contributed by atoms with Crippen LogP contribution in [0.4, 0.5) is 0 Å². The minimum Gasteiger partial charge on any atom is -0.370 e. The van der Waals surface area contributed by atoms with E-state index in [1.54, 1.807) is 36.5 Å². The molecule has 13 N–H and O–H groups in total. The number of nitrogens with two attached hydrogens (primary N) is 3. The van der Waals surface area contributed by atoms with Crippen LogP contribution in [0.2, 0.25) is 0 Å². The number of likely N-dealkylation sites (tertiary alicyclic amines) is 1. The Morgan fingerprint density at radius 3 is 2.15 bits per heavy atom. The molecule has 8 amide bonds. The SMILES string of the molecule is C[C@H](NC(=O)[C@H](Cc1cnc[nH]1)NC(=O)[C@H](Cc1ccccc1)NC(=O)[C@@H]1CCCN1C(=O)[C@@H](N)CC(N)=O)C(=O)N[C@@H](Cc1c[nH]c2ccccc12)C(=O)NCC(N)=O. The van der Waals surface area contributed by atoms with E-state index < -0.39 is 96.5 Å². The van der Waals surface area contributed by atoms with Crippen molar-refractivity contribution in [1.29, 1.82) is 0 Å². The number of hydrogen-bond acceptors (Lipinski definition) is 10. The van der Waals surface area contributed by atoms with Crippen LogP contribution in [0.1, 0.15) is 43.0 Å². The molecule has 0 radical (unpaired) electrons. The average molecular weight is 827 g/mol. The van der Waals surface area contributed by atoms with E-state index in [9.17, 15) is 38.4 Å². The number of benzene rings is 2.